The monoisotopic (exact) mass is 266 g/mol. The normalized spacial score (nSPS) is 9.78. The predicted octanol–water partition coefficient (Wildman–Crippen LogP) is 4.88. The lowest BCUT2D eigenvalue weighted by Crippen LogP contribution is -1.70. The molecule has 0 aliphatic heterocycles. The van der Waals surface area contributed by atoms with Crippen LogP contribution in [0.3, 0.4) is 0 Å². The molecule has 0 aliphatic rings. The van der Waals surface area contributed by atoms with E-state index < -0.39 is 0 Å². The van der Waals surface area contributed by atoms with Crippen LogP contribution in [0.15, 0.2) is 60.0 Å². The van der Waals surface area contributed by atoms with Gasteiger partial charge < -0.3 is 0 Å². The minimum Gasteiger partial charge on any atom is -0.143 e. The molecule has 0 nitrogen and oxygen atoms in total. The molecular weight excluding hydrogens is 256 g/mol. The van der Waals surface area contributed by atoms with Gasteiger partial charge in [-0.05, 0) is 35.7 Å². The summed E-state index contributed by atoms with van der Waals surface area (Å²) in [5, 5.41) is 2.10. The Morgan fingerprint density at radius 1 is 0.722 bits per heavy atom. The van der Waals surface area contributed by atoms with Crippen LogP contribution < -0.4 is 0 Å². The Hall–Kier alpha value is -1.82. The molecular formula is C16H10S2. The highest BCUT2D eigenvalue weighted by atomic mass is 32.1. The average Bonchev–Trinajstić information content (AvgIpc) is 3.08. The Kier molecular flexibility index (Phi) is 3.27. The molecule has 0 saturated carbocycles. The van der Waals surface area contributed by atoms with Crippen LogP contribution in [-0.4, -0.2) is 0 Å². The van der Waals surface area contributed by atoms with Crippen molar-refractivity contribution in [1.29, 1.82) is 0 Å². The molecule has 0 aliphatic carbocycles. The molecule has 0 unspecified atom stereocenters. The maximum atomic E-state index is 3.22. The number of thiophene rings is 2. The highest BCUT2D eigenvalue weighted by Gasteiger charge is 2.01. The summed E-state index contributed by atoms with van der Waals surface area (Å²) in [6.45, 7) is 0. The molecule has 2 aromatic heterocycles. The fraction of sp³-hybridized carbons (Fsp3) is 0. The molecule has 0 atom stereocenters. The summed E-state index contributed by atoms with van der Waals surface area (Å²) in [5.74, 6) is 6.40. The van der Waals surface area contributed by atoms with Gasteiger partial charge in [-0.25, -0.2) is 0 Å². The zero-order chi connectivity index (χ0) is 12.2. The molecule has 0 bridgehead atoms. The summed E-state index contributed by atoms with van der Waals surface area (Å²) < 4.78 is 0. The van der Waals surface area contributed by atoms with Gasteiger partial charge in [0.2, 0.25) is 0 Å². The molecule has 3 aromatic rings. The lowest BCUT2D eigenvalue weighted by atomic mass is 10.2. The second kappa shape index (κ2) is 5.22. The molecule has 0 amide bonds. The van der Waals surface area contributed by atoms with E-state index >= 15 is 0 Å². The topological polar surface area (TPSA) is 0 Å². The lowest BCUT2D eigenvalue weighted by Gasteiger charge is -1.87. The Balaban J connectivity index is 1.85. The van der Waals surface area contributed by atoms with E-state index in [2.05, 4.69) is 41.5 Å². The Bertz CT molecular complexity index is 680. The number of rotatable bonds is 1. The second-order valence-corrected chi connectivity index (χ2v) is 5.79. The molecule has 2 heteroatoms. The third-order valence-corrected chi connectivity index (χ3v) is 4.54. The van der Waals surface area contributed by atoms with Gasteiger partial charge >= 0.3 is 0 Å². The summed E-state index contributed by atoms with van der Waals surface area (Å²) in [4.78, 5) is 3.72. The standard InChI is InChI=1S/C16H10S2/c1-2-5-13(6-3-1)8-9-14-10-11-16(18-14)15-7-4-12-17-15/h1-7,10-12H. The molecule has 86 valence electrons. The van der Waals surface area contributed by atoms with E-state index in [1.54, 1.807) is 22.7 Å². The third kappa shape index (κ3) is 2.53. The van der Waals surface area contributed by atoms with Gasteiger partial charge in [0.05, 0.1) is 4.88 Å². The van der Waals surface area contributed by atoms with Crippen LogP contribution in [-0.2, 0) is 0 Å². The lowest BCUT2D eigenvalue weighted by molar-refractivity contribution is 1.65. The average molecular weight is 266 g/mol. The highest BCUT2D eigenvalue weighted by molar-refractivity contribution is 7.21. The second-order valence-electron chi connectivity index (χ2n) is 3.76. The quantitative estimate of drug-likeness (QED) is 0.551. The van der Waals surface area contributed by atoms with Crippen LogP contribution in [0.25, 0.3) is 9.75 Å². The van der Waals surface area contributed by atoms with Crippen molar-refractivity contribution in [3.8, 4) is 21.6 Å². The summed E-state index contributed by atoms with van der Waals surface area (Å²) in [5.41, 5.74) is 1.06. The minimum atomic E-state index is 1.06. The van der Waals surface area contributed by atoms with E-state index in [1.165, 1.54) is 9.75 Å². The third-order valence-electron chi connectivity index (χ3n) is 2.47. The maximum absolute atomic E-state index is 3.22. The molecule has 0 spiro atoms. The van der Waals surface area contributed by atoms with Crippen molar-refractivity contribution < 1.29 is 0 Å². The first-order valence-electron chi connectivity index (χ1n) is 5.62. The minimum absolute atomic E-state index is 1.06. The SMILES string of the molecule is C(#Cc1ccc(-c2cccs2)s1)c1ccccc1. The maximum Gasteiger partial charge on any atom is 0.0779 e. The number of benzene rings is 1. The number of hydrogen-bond acceptors (Lipinski definition) is 2. The highest BCUT2D eigenvalue weighted by Crippen LogP contribution is 2.30. The molecule has 2 heterocycles. The molecule has 0 fully saturated rings. The first-order valence-corrected chi connectivity index (χ1v) is 7.32. The van der Waals surface area contributed by atoms with Gasteiger partial charge in [-0.3, -0.25) is 0 Å². The number of hydrogen-bond donors (Lipinski definition) is 0. The van der Waals surface area contributed by atoms with Crippen molar-refractivity contribution in [3.63, 3.8) is 0 Å². The fourth-order valence-corrected chi connectivity index (χ4v) is 3.31. The van der Waals surface area contributed by atoms with Gasteiger partial charge in [0.15, 0.2) is 0 Å². The van der Waals surface area contributed by atoms with Crippen LogP contribution in [0.1, 0.15) is 10.4 Å². The molecule has 1 aromatic carbocycles. The largest absolute Gasteiger partial charge is 0.143 e. The zero-order valence-corrected chi connectivity index (χ0v) is 11.2. The van der Waals surface area contributed by atoms with Crippen LogP contribution in [0.5, 0.6) is 0 Å². The van der Waals surface area contributed by atoms with E-state index in [1.807, 2.05) is 30.3 Å². The molecule has 3 rings (SSSR count). The summed E-state index contributed by atoms with van der Waals surface area (Å²) >= 11 is 3.51. The van der Waals surface area contributed by atoms with Gasteiger partial charge in [-0.15, -0.1) is 22.7 Å². The zero-order valence-electron chi connectivity index (χ0n) is 9.59. The van der Waals surface area contributed by atoms with E-state index in [0.29, 0.717) is 0 Å². The van der Waals surface area contributed by atoms with Crippen molar-refractivity contribution in [2.45, 2.75) is 0 Å². The van der Waals surface area contributed by atoms with Crippen molar-refractivity contribution in [1.82, 2.24) is 0 Å². The van der Waals surface area contributed by atoms with Crippen molar-refractivity contribution in [2.75, 3.05) is 0 Å². The van der Waals surface area contributed by atoms with E-state index in [4.69, 9.17) is 0 Å². The first kappa shape index (κ1) is 11.3. The van der Waals surface area contributed by atoms with Crippen molar-refractivity contribution in [2.24, 2.45) is 0 Å². The van der Waals surface area contributed by atoms with Crippen molar-refractivity contribution >= 4 is 22.7 Å². The van der Waals surface area contributed by atoms with Gasteiger partial charge in [0.1, 0.15) is 0 Å². The van der Waals surface area contributed by atoms with E-state index in [0.717, 1.165) is 10.4 Å². The molecule has 0 saturated heterocycles. The smallest absolute Gasteiger partial charge is 0.0779 e. The van der Waals surface area contributed by atoms with Crippen molar-refractivity contribution in [3.05, 3.63) is 70.4 Å². The van der Waals surface area contributed by atoms with E-state index in [-0.39, 0.29) is 0 Å². The first-order chi connectivity index (χ1) is 8.92. The van der Waals surface area contributed by atoms with Gasteiger partial charge in [-0.2, -0.15) is 0 Å². The predicted molar refractivity (Wildman–Crippen MR) is 80.1 cm³/mol. The molecule has 18 heavy (non-hydrogen) atoms. The Morgan fingerprint density at radius 3 is 2.39 bits per heavy atom. The van der Waals surface area contributed by atoms with Crippen LogP contribution in [0.4, 0.5) is 0 Å². The van der Waals surface area contributed by atoms with Crippen LogP contribution >= 0.6 is 22.7 Å². The van der Waals surface area contributed by atoms with Crippen LogP contribution in [0, 0.1) is 11.8 Å². The molecule has 0 N–H and O–H groups in total. The fourth-order valence-electron chi connectivity index (χ4n) is 1.61. The van der Waals surface area contributed by atoms with Crippen LogP contribution in [0.2, 0.25) is 0 Å². The van der Waals surface area contributed by atoms with E-state index in [9.17, 15) is 0 Å². The summed E-state index contributed by atoms with van der Waals surface area (Å²) in [7, 11) is 0. The summed E-state index contributed by atoms with van der Waals surface area (Å²) in [6.07, 6.45) is 0. The molecule has 0 radical (unpaired) electrons. The van der Waals surface area contributed by atoms with Gasteiger partial charge in [0, 0.05) is 15.3 Å². The van der Waals surface area contributed by atoms with Gasteiger partial charge in [-0.1, -0.05) is 36.1 Å². The Morgan fingerprint density at radius 2 is 1.61 bits per heavy atom. The van der Waals surface area contributed by atoms with Gasteiger partial charge in [0.25, 0.3) is 0 Å². The summed E-state index contributed by atoms with van der Waals surface area (Å²) in [6, 6.07) is 18.5. The Labute approximate surface area is 115 Å².